The van der Waals surface area contributed by atoms with Gasteiger partial charge in [-0.15, -0.1) is 0 Å². The molecule has 3 aliphatic carbocycles. The van der Waals surface area contributed by atoms with Crippen molar-refractivity contribution in [3.05, 3.63) is 23.5 Å². The smallest absolute Gasteiger partial charge is 0.0156 e. The number of hydrogen-bond donors (Lipinski definition) is 0. The first kappa shape index (κ1) is 12.9. The number of allylic oxidation sites excluding steroid dienone is 4. The molecule has 0 saturated heterocycles. The van der Waals surface area contributed by atoms with Crippen LogP contribution in [0.3, 0.4) is 0 Å². The Kier molecular flexibility index (Phi) is 4.58. The van der Waals surface area contributed by atoms with Crippen LogP contribution in [0.2, 0.25) is 0 Å². The van der Waals surface area contributed by atoms with Crippen molar-refractivity contribution in [2.45, 2.75) is 81.9 Å². The van der Waals surface area contributed by atoms with Crippen molar-refractivity contribution in [2.24, 2.45) is 0 Å². The van der Waals surface area contributed by atoms with Crippen LogP contribution in [-0.2, 0) is 0 Å². The zero-order valence-electron chi connectivity index (χ0n) is 11.6. The summed E-state index contributed by atoms with van der Waals surface area (Å²) in [6.07, 6.45) is 23.8. The molecule has 3 aliphatic rings. The van der Waals surface area contributed by atoms with Gasteiger partial charge in [-0.05, 0) is 48.7 Å². The average Bonchev–Trinajstić information content (AvgIpc) is 2.95. The fraction of sp³-hybridized carbons (Fsp3) is 0.765. The van der Waals surface area contributed by atoms with E-state index >= 15 is 0 Å². The third-order valence-corrected chi connectivity index (χ3v) is 8.52. The second-order valence-corrected chi connectivity index (χ2v) is 9.05. The van der Waals surface area contributed by atoms with Crippen molar-refractivity contribution in [1.29, 1.82) is 0 Å². The molecule has 18 heavy (non-hydrogen) atoms. The second-order valence-electron chi connectivity index (χ2n) is 6.26. The molecular weight excluding hydrogens is 235 g/mol. The zero-order chi connectivity index (χ0) is 12.2. The average molecular weight is 262 g/mol. The molecule has 0 aromatic rings. The van der Waals surface area contributed by atoms with E-state index in [2.05, 4.69) is 18.2 Å². The molecule has 1 heteroatoms. The highest BCUT2D eigenvalue weighted by molar-refractivity contribution is 7.63. The van der Waals surface area contributed by atoms with Crippen LogP contribution in [0.5, 0.6) is 0 Å². The van der Waals surface area contributed by atoms with Gasteiger partial charge in [-0.2, -0.15) is 0 Å². The van der Waals surface area contributed by atoms with Crippen LogP contribution >= 0.6 is 7.92 Å². The molecule has 0 nitrogen and oxygen atoms in total. The molecule has 0 bridgehead atoms. The fourth-order valence-corrected chi connectivity index (χ4v) is 7.95. The Morgan fingerprint density at radius 1 is 0.778 bits per heavy atom. The minimum atomic E-state index is 0.176. The Hall–Kier alpha value is -0.0900. The standard InChI is InChI=1S/C17H27P/c1-3-9-15(10-4-1)18(17-13-7-8-14-17)16-11-5-2-6-12-16/h7,13-16H,1-6,8-12H2. The van der Waals surface area contributed by atoms with E-state index in [1.165, 1.54) is 70.6 Å². The van der Waals surface area contributed by atoms with Gasteiger partial charge < -0.3 is 0 Å². The van der Waals surface area contributed by atoms with E-state index in [9.17, 15) is 0 Å². The lowest BCUT2D eigenvalue weighted by Gasteiger charge is -2.39. The van der Waals surface area contributed by atoms with Gasteiger partial charge in [-0.1, -0.05) is 64.7 Å². The molecule has 0 atom stereocenters. The summed E-state index contributed by atoms with van der Waals surface area (Å²) in [5.74, 6) is 0. The highest BCUT2D eigenvalue weighted by Gasteiger charge is 2.32. The van der Waals surface area contributed by atoms with Crippen molar-refractivity contribution in [2.75, 3.05) is 0 Å². The van der Waals surface area contributed by atoms with E-state index in [-0.39, 0.29) is 7.92 Å². The topological polar surface area (TPSA) is 0 Å². The summed E-state index contributed by atoms with van der Waals surface area (Å²) in [5, 5.41) is 1.78. The first-order valence-corrected chi connectivity index (χ1v) is 9.58. The number of rotatable bonds is 3. The van der Waals surface area contributed by atoms with Crippen LogP contribution < -0.4 is 0 Å². The maximum Gasteiger partial charge on any atom is -0.0156 e. The first-order valence-electron chi connectivity index (χ1n) is 8.10. The van der Waals surface area contributed by atoms with Crippen molar-refractivity contribution in [3.8, 4) is 0 Å². The van der Waals surface area contributed by atoms with E-state index in [0.29, 0.717) is 0 Å². The predicted octanol–water partition coefficient (Wildman–Crippen LogP) is 5.98. The summed E-state index contributed by atoms with van der Waals surface area (Å²) < 4.78 is 0. The SMILES string of the molecule is C1=CC(P(C2CCCCC2)C2CCCCC2)=CC1. The second kappa shape index (κ2) is 6.38. The molecule has 0 unspecified atom stereocenters. The molecule has 0 radical (unpaired) electrons. The van der Waals surface area contributed by atoms with E-state index in [1.807, 2.05) is 0 Å². The molecule has 0 aliphatic heterocycles. The minimum Gasteiger partial charge on any atom is -0.0801 e. The largest absolute Gasteiger partial charge is 0.0801 e. The molecule has 100 valence electrons. The highest BCUT2D eigenvalue weighted by atomic mass is 31.1. The summed E-state index contributed by atoms with van der Waals surface area (Å²) >= 11 is 0. The molecule has 2 fully saturated rings. The van der Waals surface area contributed by atoms with Gasteiger partial charge in [0.15, 0.2) is 0 Å². The molecule has 0 aromatic heterocycles. The lowest BCUT2D eigenvalue weighted by atomic mass is 9.99. The van der Waals surface area contributed by atoms with Gasteiger partial charge in [-0.25, -0.2) is 0 Å². The summed E-state index contributed by atoms with van der Waals surface area (Å²) in [6.45, 7) is 0. The van der Waals surface area contributed by atoms with Gasteiger partial charge >= 0.3 is 0 Å². The zero-order valence-corrected chi connectivity index (χ0v) is 12.5. The van der Waals surface area contributed by atoms with Crippen molar-refractivity contribution in [3.63, 3.8) is 0 Å². The van der Waals surface area contributed by atoms with Crippen LogP contribution in [0.1, 0.15) is 70.6 Å². The Morgan fingerprint density at radius 3 is 1.78 bits per heavy atom. The molecule has 0 spiro atoms. The molecule has 0 heterocycles. The molecule has 0 N–H and O–H groups in total. The van der Waals surface area contributed by atoms with Gasteiger partial charge in [0, 0.05) is 0 Å². The van der Waals surface area contributed by atoms with E-state index < -0.39 is 0 Å². The summed E-state index contributed by atoms with van der Waals surface area (Å²) in [7, 11) is 0.176. The van der Waals surface area contributed by atoms with Crippen LogP contribution in [0.15, 0.2) is 23.5 Å². The Bertz CT molecular complexity index is 299. The van der Waals surface area contributed by atoms with Crippen LogP contribution in [-0.4, -0.2) is 11.3 Å². The van der Waals surface area contributed by atoms with Crippen LogP contribution in [0.25, 0.3) is 0 Å². The maximum atomic E-state index is 2.55. The molecule has 3 rings (SSSR count). The Morgan fingerprint density at radius 2 is 1.33 bits per heavy atom. The first-order chi connectivity index (χ1) is 8.95. The lowest BCUT2D eigenvalue weighted by Crippen LogP contribution is -2.20. The molecule has 2 saturated carbocycles. The summed E-state index contributed by atoms with van der Waals surface area (Å²) in [5.41, 5.74) is 2.15. The number of hydrogen-bond acceptors (Lipinski definition) is 0. The maximum absolute atomic E-state index is 2.55. The van der Waals surface area contributed by atoms with E-state index in [0.717, 1.165) is 11.3 Å². The van der Waals surface area contributed by atoms with Crippen molar-refractivity contribution in [1.82, 2.24) is 0 Å². The summed E-state index contributed by atoms with van der Waals surface area (Å²) in [4.78, 5) is 0. The molecular formula is C17H27P. The molecule has 0 aromatic carbocycles. The Labute approximate surface area is 114 Å². The minimum absolute atomic E-state index is 0.176. The monoisotopic (exact) mass is 262 g/mol. The third-order valence-electron chi connectivity index (χ3n) is 4.99. The van der Waals surface area contributed by atoms with Crippen LogP contribution in [0.4, 0.5) is 0 Å². The van der Waals surface area contributed by atoms with Gasteiger partial charge in [0.25, 0.3) is 0 Å². The third kappa shape index (κ3) is 2.90. The van der Waals surface area contributed by atoms with Crippen LogP contribution in [0, 0.1) is 0 Å². The highest BCUT2D eigenvalue weighted by Crippen LogP contribution is 2.61. The quantitative estimate of drug-likeness (QED) is 0.549. The van der Waals surface area contributed by atoms with Crippen molar-refractivity contribution < 1.29 is 0 Å². The lowest BCUT2D eigenvalue weighted by molar-refractivity contribution is 0.486. The van der Waals surface area contributed by atoms with Gasteiger partial charge in [0.2, 0.25) is 0 Å². The van der Waals surface area contributed by atoms with Crippen molar-refractivity contribution >= 4 is 7.92 Å². The van der Waals surface area contributed by atoms with E-state index in [4.69, 9.17) is 0 Å². The van der Waals surface area contributed by atoms with Gasteiger partial charge in [0.1, 0.15) is 0 Å². The predicted molar refractivity (Wildman–Crippen MR) is 82.5 cm³/mol. The van der Waals surface area contributed by atoms with E-state index in [1.54, 1.807) is 5.31 Å². The fourth-order valence-electron chi connectivity index (χ4n) is 4.08. The molecule has 0 amide bonds. The summed E-state index contributed by atoms with van der Waals surface area (Å²) in [6, 6.07) is 0. The van der Waals surface area contributed by atoms with Gasteiger partial charge in [-0.3, -0.25) is 0 Å². The van der Waals surface area contributed by atoms with Gasteiger partial charge in [0.05, 0.1) is 0 Å². The normalized spacial score (nSPS) is 26.8. The Balaban J connectivity index is 1.75.